The van der Waals surface area contributed by atoms with Crippen molar-refractivity contribution in [3.05, 3.63) is 0 Å². The van der Waals surface area contributed by atoms with Crippen LogP contribution in [0.25, 0.3) is 0 Å². The maximum Gasteiger partial charge on any atom is 0.334 e. The number of hydrogen-bond acceptors (Lipinski definition) is 4. The first-order valence-corrected chi connectivity index (χ1v) is 7.09. The monoisotopic (exact) mass is 261 g/mol. The summed E-state index contributed by atoms with van der Waals surface area (Å²) in [6.45, 7) is 2.44. The number of morpholine rings is 1. The summed E-state index contributed by atoms with van der Waals surface area (Å²) in [6.07, 6.45) is 2.23. The number of carbonyl (C=O) groups is 2. The predicted molar refractivity (Wildman–Crippen MR) is 66.2 cm³/mol. The number of rotatable bonds is 5. The van der Waals surface area contributed by atoms with Gasteiger partial charge in [0.25, 0.3) is 0 Å². The van der Waals surface area contributed by atoms with Crippen LogP contribution in [0.4, 0.5) is 0 Å². The van der Waals surface area contributed by atoms with Crippen molar-refractivity contribution in [2.24, 2.45) is 0 Å². The van der Waals surface area contributed by atoms with E-state index in [1.807, 2.05) is 6.26 Å². The first-order valence-electron chi connectivity index (χ1n) is 5.69. The van der Waals surface area contributed by atoms with Gasteiger partial charge in [0.1, 0.15) is 0 Å². The fourth-order valence-corrected chi connectivity index (χ4v) is 2.25. The molecule has 1 amide bonds. The number of aliphatic carboxylic acids is 1. The van der Waals surface area contributed by atoms with Crippen LogP contribution in [0.1, 0.15) is 19.8 Å². The fourth-order valence-electron chi connectivity index (χ4n) is 1.82. The minimum absolute atomic E-state index is 0.0282. The predicted octanol–water partition coefficient (Wildman–Crippen LogP) is 0.830. The van der Waals surface area contributed by atoms with Crippen LogP contribution >= 0.6 is 11.8 Å². The van der Waals surface area contributed by atoms with Crippen molar-refractivity contribution >= 4 is 23.6 Å². The average molecular weight is 261 g/mol. The van der Waals surface area contributed by atoms with Gasteiger partial charge >= 0.3 is 5.97 Å². The molecule has 1 unspecified atom stereocenters. The molecule has 0 spiro atoms. The zero-order chi connectivity index (χ0) is 12.8. The number of thioether (sulfide) groups is 1. The molecule has 0 aromatic heterocycles. The normalized spacial score (nSPS) is 24.7. The zero-order valence-corrected chi connectivity index (χ0v) is 11.0. The van der Waals surface area contributed by atoms with Gasteiger partial charge in [0, 0.05) is 13.0 Å². The van der Waals surface area contributed by atoms with Gasteiger partial charge in [-0.3, -0.25) is 4.79 Å². The second kappa shape index (κ2) is 6.86. The lowest BCUT2D eigenvalue weighted by Crippen LogP contribution is -2.51. The summed E-state index contributed by atoms with van der Waals surface area (Å²) >= 11 is 1.71. The lowest BCUT2D eigenvalue weighted by atomic mass is 10.2. The molecule has 0 saturated carbocycles. The van der Waals surface area contributed by atoms with Gasteiger partial charge in [-0.2, -0.15) is 11.8 Å². The first kappa shape index (κ1) is 14.3. The Bertz CT molecular complexity index is 285. The summed E-state index contributed by atoms with van der Waals surface area (Å²) < 4.78 is 5.26. The molecular weight excluding hydrogens is 242 g/mol. The largest absolute Gasteiger partial charge is 0.479 e. The van der Waals surface area contributed by atoms with E-state index in [4.69, 9.17) is 9.84 Å². The van der Waals surface area contributed by atoms with Crippen LogP contribution in [0.3, 0.4) is 0 Å². The third-order valence-electron chi connectivity index (χ3n) is 2.63. The molecule has 5 nitrogen and oxygen atoms in total. The Labute approximate surface area is 105 Å². The molecule has 0 aromatic rings. The third-order valence-corrected chi connectivity index (χ3v) is 3.32. The quantitative estimate of drug-likeness (QED) is 0.743. The van der Waals surface area contributed by atoms with Crippen LogP contribution in [0, 0.1) is 0 Å². The summed E-state index contributed by atoms with van der Waals surface area (Å²) in [5.41, 5.74) is 0. The molecule has 1 aliphatic rings. The van der Waals surface area contributed by atoms with Gasteiger partial charge in [0.05, 0.1) is 12.6 Å². The average Bonchev–Trinajstić information content (AvgIpc) is 2.28. The topological polar surface area (TPSA) is 66.8 Å². The molecule has 1 saturated heterocycles. The summed E-state index contributed by atoms with van der Waals surface area (Å²) in [7, 11) is 0. The van der Waals surface area contributed by atoms with E-state index in [2.05, 4.69) is 0 Å². The number of carboxylic acids is 1. The molecule has 1 N–H and O–H groups in total. The van der Waals surface area contributed by atoms with Crippen molar-refractivity contribution in [3.8, 4) is 0 Å². The van der Waals surface area contributed by atoms with Gasteiger partial charge in [0.2, 0.25) is 5.91 Å². The second-order valence-corrected chi connectivity index (χ2v) is 5.15. The van der Waals surface area contributed by atoms with Crippen LogP contribution in [0.2, 0.25) is 0 Å². The number of amides is 1. The number of ether oxygens (including phenoxy) is 1. The van der Waals surface area contributed by atoms with E-state index in [1.54, 1.807) is 23.6 Å². The van der Waals surface area contributed by atoms with Crippen LogP contribution in [0.15, 0.2) is 0 Å². The minimum Gasteiger partial charge on any atom is -0.479 e. The first-order chi connectivity index (χ1) is 8.04. The number of carbonyl (C=O) groups excluding carboxylic acids is 1. The molecule has 98 valence electrons. The highest BCUT2D eigenvalue weighted by molar-refractivity contribution is 7.98. The molecule has 1 aliphatic heterocycles. The summed E-state index contributed by atoms with van der Waals surface area (Å²) in [6, 6.07) is 0. The molecule has 0 aliphatic carbocycles. The van der Waals surface area contributed by atoms with Crippen LogP contribution < -0.4 is 0 Å². The molecule has 1 fully saturated rings. The highest BCUT2D eigenvalue weighted by Gasteiger charge is 2.32. The molecule has 2 atom stereocenters. The van der Waals surface area contributed by atoms with E-state index in [-0.39, 0.29) is 18.6 Å². The Morgan fingerprint density at radius 1 is 1.47 bits per heavy atom. The van der Waals surface area contributed by atoms with Crippen molar-refractivity contribution in [2.45, 2.75) is 32.0 Å². The van der Waals surface area contributed by atoms with E-state index in [0.717, 1.165) is 12.2 Å². The highest BCUT2D eigenvalue weighted by Crippen LogP contribution is 2.13. The standard InChI is InChI=1S/C11H19NO4S/c1-8-6-12(7-9(16-8)11(14)15)10(13)4-3-5-17-2/h8-9H,3-7H2,1-2H3,(H,14,15)/t8-,9?/m1/s1. The van der Waals surface area contributed by atoms with Crippen molar-refractivity contribution in [1.82, 2.24) is 4.90 Å². The maximum absolute atomic E-state index is 11.9. The Morgan fingerprint density at radius 2 is 2.18 bits per heavy atom. The Hall–Kier alpha value is -0.750. The lowest BCUT2D eigenvalue weighted by Gasteiger charge is -2.35. The molecule has 1 rings (SSSR count). The summed E-state index contributed by atoms with van der Waals surface area (Å²) in [5.74, 6) is -0.0209. The van der Waals surface area contributed by atoms with Gasteiger partial charge in [0.15, 0.2) is 6.10 Å². The minimum atomic E-state index is -1.00. The van der Waals surface area contributed by atoms with Crippen molar-refractivity contribution in [2.75, 3.05) is 25.1 Å². The van der Waals surface area contributed by atoms with Crippen molar-refractivity contribution in [1.29, 1.82) is 0 Å². The van der Waals surface area contributed by atoms with Crippen molar-refractivity contribution in [3.63, 3.8) is 0 Å². The Balaban J connectivity index is 2.46. The number of hydrogen-bond donors (Lipinski definition) is 1. The Morgan fingerprint density at radius 3 is 2.76 bits per heavy atom. The van der Waals surface area contributed by atoms with Crippen LogP contribution in [-0.2, 0) is 14.3 Å². The van der Waals surface area contributed by atoms with E-state index in [1.165, 1.54) is 0 Å². The Kier molecular flexibility index (Phi) is 5.77. The zero-order valence-electron chi connectivity index (χ0n) is 10.2. The summed E-state index contributed by atoms with van der Waals surface area (Å²) in [5, 5.41) is 8.90. The third kappa shape index (κ3) is 4.55. The SMILES string of the molecule is CSCCCC(=O)N1CC(C(=O)O)O[C@H](C)C1. The van der Waals surface area contributed by atoms with Crippen molar-refractivity contribution < 1.29 is 19.4 Å². The molecule has 0 radical (unpaired) electrons. The van der Waals surface area contributed by atoms with E-state index < -0.39 is 12.1 Å². The van der Waals surface area contributed by atoms with Crippen LogP contribution in [0.5, 0.6) is 0 Å². The fraction of sp³-hybridized carbons (Fsp3) is 0.818. The molecule has 0 bridgehead atoms. The second-order valence-electron chi connectivity index (χ2n) is 4.17. The smallest absolute Gasteiger partial charge is 0.334 e. The molecule has 6 heteroatoms. The van der Waals surface area contributed by atoms with E-state index in [0.29, 0.717) is 13.0 Å². The molecule has 0 aromatic carbocycles. The molecule has 17 heavy (non-hydrogen) atoms. The van der Waals surface area contributed by atoms with Crippen LogP contribution in [-0.4, -0.2) is 59.2 Å². The number of carboxylic acid groups (broad SMARTS) is 1. The van der Waals surface area contributed by atoms with E-state index >= 15 is 0 Å². The highest BCUT2D eigenvalue weighted by atomic mass is 32.2. The van der Waals surface area contributed by atoms with Gasteiger partial charge in [-0.25, -0.2) is 4.79 Å². The maximum atomic E-state index is 11.9. The van der Waals surface area contributed by atoms with E-state index in [9.17, 15) is 9.59 Å². The lowest BCUT2D eigenvalue weighted by molar-refractivity contribution is -0.166. The van der Waals surface area contributed by atoms with Gasteiger partial charge in [-0.05, 0) is 25.4 Å². The van der Waals surface area contributed by atoms with Gasteiger partial charge in [-0.1, -0.05) is 0 Å². The van der Waals surface area contributed by atoms with Gasteiger partial charge < -0.3 is 14.7 Å². The molecular formula is C11H19NO4S. The number of nitrogens with zero attached hydrogens (tertiary/aromatic N) is 1. The molecule has 1 heterocycles. The summed E-state index contributed by atoms with van der Waals surface area (Å²) in [4.78, 5) is 24.3. The van der Waals surface area contributed by atoms with Gasteiger partial charge in [-0.15, -0.1) is 0 Å².